The van der Waals surface area contributed by atoms with Crippen LogP contribution in [0.15, 0.2) is 16.8 Å². The molecule has 0 aromatic carbocycles. The van der Waals surface area contributed by atoms with E-state index in [-0.39, 0.29) is 5.90 Å². The van der Waals surface area contributed by atoms with Crippen LogP contribution in [0, 0.1) is 5.41 Å². The van der Waals surface area contributed by atoms with E-state index in [1.54, 1.807) is 11.3 Å². The summed E-state index contributed by atoms with van der Waals surface area (Å²) in [6.07, 6.45) is 0. The summed E-state index contributed by atoms with van der Waals surface area (Å²) in [7, 11) is 0. The van der Waals surface area contributed by atoms with Gasteiger partial charge < -0.3 is 4.74 Å². The van der Waals surface area contributed by atoms with E-state index in [2.05, 4.69) is 0 Å². The van der Waals surface area contributed by atoms with Gasteiger partial charge in [-0.1, -0.05) is 0 Å². The molecular weight excluding hydrogens is 146 g/mol. The van der Waals surface area contributed by atoms with Crippen LogP contribution in [0.3, 0.4) is 0 Å². The monoisotopic (exact) mass is 155 g/mol. The van der Waals surface area contributed by atoms with Crippen molar-refractivity contribution < 1.29 is 4.74 Å². The average molecular weight is 155 g/mol. The van der Waals surface area contributed by atoms with Gasteiger partial charge in [0.25, 0.3) is 0 Å². The second-order valence-corrected chi connectivity index (χ2v) is 2.55. The van der Waals surface area contributed by atoms with Crippen molar-refractivity contribution in [3.05, 3.63) is 22.4 Å². The molecule has 0 atom stereocenters. The molecule has 1 N–H and O–H groups in total. The minimum absolute atomic E-state index is 0.267. The fourth-order valence-corrected chi connectivity index (χ4v) is 1.26. The number of hydrogen-bond acceptors (Lipinski definition) is 3. The molecule has 0 aliphatic carbocycles. The largest absolute Gasteiger partial charge is 0.478 e. The molecule has 0 unspecified atom stereocenters. The number of hydrogen-bond donors (Lipinski definition) is 1. The standard InChI is InChI=1S/C7H9NOS/c1-2-9-7(8)6-3-4-10-5-6/h3-5,8H,2H2,1H3. The van der Waals surface area contributed by atoms with Gasteiger partial charge in [0.2, 0.25) is 5.90 Å². The maximum atomic E-state index is 7.33. The Morgan fingerprint density at radius 1 is 1.80 bits per heavy atom. The predicted octanol–water partition coefficient (Wildman–Crippen LogP) is 2.11. The van der Waals surface area contributed by atoms with Crippen molar-refractivity contribution in [2.45, 2.75) is 6.92 Å². The van der Waals surface area contributed by atoms with E-state index in [0.29, 0.717) is 6.61 Å². The summed E-state index contributed by atoms with van der Waals surface area (Å²) < 4.78 is 4.98. The number of ether oxygens (including phenoxy) is 1. The fraction of sp³-hybridized carbons (Fsp3) is 0.286. The third kappa shape index (κ3) is 1.57. The van der Waals surface area contributed by atoms with Crippen LogP contribution in [-0.4, -0.2) is 12.5 Å². The van der Waals surface area contributed by atoms with Crippen molar-refractivity contribution in [3.63, 3.8) is 0 Å². The van der Waals surface area contributed by atoms with Crippen LogP contribution in [0.2, 0.25) is 0 Å². The molecule has 2 nitrogen and oxygen atoms in total. The SMILES string of the molecule is CCOC(=N)c1ccsc1. The quantitative estimate of drug-likeness (QED) is 0.515. The van der Waals surface area contributed by atoms with Crippen molar-refractivity contribution in [3.8, 4) is 0 Å². The minimum Gasteiger partial charge on any atom is -0.478 e. The molecule has 0 amide bonds. The fourth-order valence-electron chi connectivity index (χ4n) is 0.621. The van der Waals surface area contributed by atoms with Gasteiger partial charge in [-0.15, -0.1) is 0 Å². The zero-order chi connectivity index (χ0) is 7.40. The molecule has 1 aromatic heterocycles. The lowest BCUT2D eigenvalue weighted by Crippen LogP contribution is -2.02. The lowest BCUT2D eigenvalue weighted by atomic mass is 10.3. The topological polar surface area (TPSA) is 33.1 Å². The maximum absolute atomic E-state index is 7.33. The summed E-state index contributed by atoms with van der Waals surface area (Å²) in [4.78, 5) is 0. The molecule has 0 saturated heterocycles. The van der Waals surface area contributed by atoms with Crippen molar-refractivity contribution in [1.29, 1.82) is 5.41 Å². The molecule has 1 heterocycles. The molecule has 1 rings (SSSR count). The van der Waals surface area contributed by atoms with Crippen molar-refractivity contribution in [1.82, 2.24) is 0 Å². The molecule has 0 aliphatic heterocycles. The van der Waals surface area contributed by atoms with Crippen LogP contribution >= 0.6 is 11.3 Å². The Balaban J connectivity index is 2.59. The first-order chi connectivity index (χ1) is 4.84. The van der Waals surface area contributed by atoms with E-state index in [1.807, 2.05) is 23.8 Å². The van der Waals surface area contributed by atoms with Gasteiger partial charge in [-0.3, -0.25) is 5.41 Å². The highest BCUT2D eigenvalue weighted by atomic mass is 32.1. The maximum Gasteiger partial charge on any atom is 0.214 e. The first kappa shape index (κ1) is 7.28. The Morgan fingerprint density at radius 3 is 3.10 bits per heavy atom. The molecule has 0 aliphatic rings. The smallest absolute Gasteiger partial charge is 0.214 e. The molecule has 54 valence electrons. The number of nitrogens with one attached hydrogen (secondary N) is 1. The number of rotatable bonds is 2. The van der Waals surface area contributed by atoms with Crippen molar-refractivity contribution >= 4 is 17.2 Å². The Kier molecular flexibility index (Phi) is 2.45. The summed E-state index contributed by atoms with van der Waals surface area (Å²) in [5.41, 5.74) is 0.867. The van der Waals surface area contributed by atoms with Crippen molar-refractivity contribution in [2.24, 2.45) is 0 Å². The van der Waals surface area contributed by atoms with E-state index in [9.17, 15) is 0 Å². The highest BCUT2D eigenvalue weighted by Gasteiger charge is 1.99. The predicted molar refractivity (Wildman–Crippen MR) is 42.8 cm³/mol. The van der Waals surface area contributed by atoms with Gasteiger partial charge in [-0.2, -0.15) is 11.3 Å². The zero-order valence-electron chi connectivity index (χ0n) is 5.76. The first-order valence-electron chi connectivity index (χ1n) is 3.08. The van der Waals surface area contributed by atoms with E-state index >= 15 is 0 Å². The second kappa shape index (κ2) is 3.37. The van der Waals surface area contributed by atoms with E-state index in [4.69, 9.17) is 10.1 Å². The van der Waals surface area contributed by atoms with Crippen LogP contribution in [0.1, 0.15) is 12.5 Å². The summed E-state index contributed by atoms with van der Waals surface area (Å²) in [5.74, 6) is 0.267. The molecule has 3 heteroatoms. The van der Waals surface area contributed by atoms with Crippen molar-refractivity contribution in [2.75, 3.05) is 6.61 Å². The van der Waals surface area contributed by atoms with Crippen LogP contribution in [0.25, 0.3) is 0 Å². The molecule has 0 saturated carbocycles. The number of thiophene rings is 1. The Hall–Kier alpha value is -0.830. The molecular formula is C7H9NOS. The molecule has 0 radical (unpaired) electrons. The Bertz CT molecular complexity index is 205. The molecule has 0 fully saturated rings. The highest BCUT2D eigenvalue weighted by molar-refractivity contribution is 7.08. The highest BCUT2D eigenvalue weighted by Crippen LogP contribution is 2.06. The third-order valence-corrected chi connectivity index (χ3v) is 1.76. The Labute approximate surface area is 64.0 Å². The van der Waals surface area contributed by atoms with E-state index < -0.39 is 0 Å². The van der Waals surface area contributed by atoms with Gasteiger partial charge in [-0.25, -0.2) is 0 Å². The summed E-state index contributed by atoms with van der Waals surface area (Å²) in [6, 6.07) is 1.88. The first-order valence-corrected chi connectivity index (χ1v) is 4.02. The second-order valence-electron chi connectivity index (χ2n) is 1.77. The lowest BCUT2D eigenvalue weighted by molar-refractivity contribution is 0.326. The third-order valence-electron chi connectivity index (χ3n) is 1.07. The molecule has 0 bridgehead atoms. The van der Waals surface area contributed by atoms with Crippen LogP contribution in [0.5, 0.6) is 0 Å². The lowest BCUT2D eigenvalue weighted by Gasteiger charge is -1.99. The normalized spacial score (nSPS) is 9.30. The van der Waals surface area contributed by atoms with E-state index in [0.717, 1.165) is 5.56 Å². The van der Waals surface area contributed by atoms with Gasteiger partial charge in [0, 0.05) is 10.9 Å². The molecule has 10 heavy (non-hydrogen) atoms. The average Bonchev–Trinajstić information content (AvgIpc) is 2.38. The van der Waals surface area contributed by atoms with Gasteiger partial charge in [0.15, 0.2) is 0 Å². The zero-order valence-corrected chi connectivity index (χ0v) is 6.57. The van der Waals surface area contributed by atoms with Gasteiger partial charge >= 0.3 is 0 Å². The molecule has 0 spiro atoms. The van der Waals surface area contributed by atoms with Gasteiger partial charge in [-0.05, 0) is 18.4 Å². The summed E-state index contributed by atoms with van der Waals surface area (Å²) in [6.45, 7) is 2.44. The Morgan fingerprint density at radius 2 is 2.60 bits per heavy atom. The minimum atomic E-state index is 0.267. The van der Waals surface area contributed by atoms with Crippen LogP contribution < -0.4 is 0 Å². The van der Waals surface area contributed by atoms with Gasteiger partial charge in [0.1, 0.15) is 0 Å². The van der Waals surface area contributed by atoms with E-state index in [1.165, 1.54) is 0 Å². The molecule has 1 aromatic rings. The van der Waals surface area contributed by atoms with Gasteiger partial charge in [0.05, 0.1) is 6.61 Å². The summed E-state index contributed by atoms with van der Waals surface area (Å²) >= 11 is 1.57. The van der Waals surface area contributed by atoms with Crippen LogP contribution in [-0.2, 0) is 4.74 Å². The summed E-state index contributed by atoms with van der Waals surface area (Å²) in [5, 5.41) is 11.2. The van der Waals surface area contributed by atoms with Crippen LogP contribution in [0.4, 0.5) is 0 Å².